The Labute approximate surface area is 133 Å². The Kier molecular flexibility index (Phi) is 4.32. The molecule has 1 aliphatic rings. The Balaban J connectivity index is 1.57. The summed E-state index contributed by atoms with van der Waals surface area (Å²) in [6, 6.07) is 6.53. The van der Waals surface area contributed by atoms with Gasteiger partial charge in [-0.3, -0.25) is 4.79 Å². The van der Waals surface area contributed by atoms with Gasteiger partial charge in [0.15, 0.2) is 0 Å². The van der Waals surface area contributed by atoms with Crippen LogP contribution in [0.15, 0.2) is 50.2 Å². The molecule has 1 aliphatic heterocycles. The number of hydrogen-bond donors (Lipinski definition) is 0. The zero-order valence-corrected chi connectivity index (χ0v) is 12.7. The fourth-order valence-corrected chi connectivity index (χ4v) is 2.51. The number of carbonyl (C=O) groups excluding carboxylic acids is 1. The molecule has 6 nitrogen and oxygen atoms in total. The summed E-state index contributed by atoms with van der Waals surface area (Å²) in [5.74, 6) is 1.53. The Morgan fingerprint density at radius 1 is 1.43 bits per heavy atom. The first kappa shape index (κ1) is 15.1. The summed E-state index contributed by atoms with van der Waals surface area (Å²) >= 11 is 0. The van der Waals surface area contributed by atoms with Crippen LogP contribution in [0.25, 0.3) is 6.08 Å². The molecular weight excluding hydrogens is 298 g/mol. The van der Waals surface area contributed by atoms with Gasteiger partial charge in [0.1, 0.15) is 23.4 Å². The molecule has 0 aliphatic carbocycles. The number of ether oxygens (including phenoxy) is 1. The van der Waals surface area contributed by atoms with Gasteiger partial charge in [0, 0.05) is 25.1 Å². The molecule has 0 radical (unpaired) electrons. The van der Waals surface area contributed by atoms with Gasteiger partial charge in [0.25, 0.3) is 0 Å². The lowest BCUT2D eigenvalue weighted by molar-refractivity contribution is -0.125. The Hall–Kier alpha value is -2.76. The number of aryl methyl sites for hydroxylation is 1. The van der Waals surface area contributed by atoms with Crippen molar-refractivity contribution in [3.05, 3.63) is 58.5 Å². The van der Waals surface area contributed by atoms with Crippen molar-refractivity contribution in [2.75, 3.05) is 13.1 Å². The zero-order valence-electron chi connectivity index (χ0n) is 12.7. The Morgan fingerprint density at radius 2 is 2.30 bits per heavy atom. The standard InChI is InChI=1S/C17H17NO5/c1-12-9-15(10-17(20)22-12)23-14-6-7-18(11-14)16(19)5-4-13-3-2-8-21-13/h2-5,8-10,14H,6-7,11H2,1H3/b5-4+. The van der Waals surface area contributed by atoms with Crippen molar-refractivity contribution >= 4 is 12.0 Å². The van der Waals surface area contributed by atoms with Crippen LogP contribution < -0.4 is 10.4 Å². The maximum atomic E-state index is 12.1. The van der Waals surface area contributed by atoms with E-state index in [2.05, 4.69) is 0 Å². The first-order chi connectivity index (χ1) is 11.1. The fraction of sp³-hybridized carbons (Fsp3) is 0.294. The quantitative estimate of drug-likeness (QED) is 0.809. The van der Waals surface area contributed by atoms with E-state index in [0.29, 0.717) is 30.4 Å². The van der Waals surface area contributed by atoms with Gasteiger partial charge >= 0.3 is 5.63 Å². The van der Waals surface area contributed by atoms with Gasteiger partial charge in [0.05, 0.1) is 18.9 Å². The van der Waals surface area contributed by atoms with E-state index in [0.717, 1.165) is 6.42 Å². The third-order valence-corrected chi connectivity index (χ3v) is 3.56. The van der Waals surface area contributed by atoms with Crippen molar-refractivity contribution in [2.24, 2.45) is 0 Å². The largest absolute Gasteiger partial charge is 0.488 e. The number of amides is 1. The second-order valence-electron chi connectivity index (χ2n) is 5.38. The number of carbonyl (C=O) groups is 1. The molecule has 1 saturated heterocycles. The minimum atomic E-state index is -0.438. The molecule has 0 spiro atoms. The molecule has 3 heterocycles. The van der Waals surface area contributed by atoms with Crippen LogP contribution in [0.4, 0.5) is 0 Å². The molecule has 2 aromatic rings. The maximum absolute atomic E-state index is 12.1. The molecular formula is C17H17NO5. The molecule has 1 unspecified atom stereocenters. The lowest BCUT2D eigenvalue weighted by Gasteiger charge is -2.15. The smallest absolute Gasteiger partial charge is 0.339 e. The van der Waals surface area contributed by atoms with Crippen LogP contribution in [0.2, 0.25) is 0 Å². The molecule has 3 rings (SSSR count). The highest BCUT2D eigenvalue weighted by atomic mass is 16.5. The highest BCUT2D eigenvalue weighted by molar-refractivity contribution is 5.91. The zero-order chi connectivity index (χ0) is 16.2. The highest BCUT2D eigenvalue weighted by Gasteiger charge is 2.26. The molecule has 1 fully saturated rings. The second-order valence-corrected chi connectivity index (χ2v) is 5.38. The first-order valence-electron chi connectivity index (χ1n) is 7.39. The Bertz CT molecular complexity index is 760. The monoisotopic (exact) mass is 315 g/mol. The molecule has 0 saturated carbocycles. The molecule has 2 aromatic heterocycles. The molecule has 1 atom stereocenters. The maximum Gasteiger partial charge on any atom is 0.339 e. The molecule has 0 aromatic carbocycles. The number of hydrogen-bond acceptors (Lipinski definition) is 5. The average molecular weight is 315 g/mol. The van der Waals surface area contributed by atoms with Crippen LogP contribution in [-0.4, -0.2) is 30.0 Å². The molecule has 23 heavy (non-hydrogen) atoms. The van der Waals surface area contributed by atoms with Gasteiger partial charge in [-0.25, -0.2) is 4.79 Å². The van der Waals surface area contributed by atoms with E-state index in [4.69, 9.17) is 13.6 Å². The summed E-state index contributed by atoms with van der Waals surface area (Å²) in [5, 5.41) is 0. The predicted octanol–water partition coefficient (Wildman–Crippen LogP) is 2.23. The third kappa shape index (κ3) is 3.91. The van der Waals surface area contributed by atoms with Crippen LogP contribution in [-0.2, 0) is 4.79 Å². The minimum absolute atomic E-state index is 0.0868. The van der Waals surface area contributed by atoms with Crippen molar-refractivity contribution in [1.29, 1.82) is 0 Å². The van der Waals surface area contributed by atoms with Crippen LogP contribution in [0, 0.1) is 6.92 Å². The predicted molar refractivity (Wildman–Crippen MR) is 83.1 cm³/mol. The molecule has 120 valence electrons. The molecule has 0 bridgehead atoms. The lowest BCUT2D eigenvalue weighted by atomic mass is 10.3. The fourth-order valence-electron chi connectivity index (χ4n) is 2.51. The SMILES string of the molecule is Cc1cc(OC2CCN(C(=O)/C=C/c3ccco3)C2)cc(=O)o1. The van der Waals surface area contributed by atoms with Gasteiger partial charge in [-0.05, 0) is 25.1 Å². The Morgan fingerprint density at radius 3 is 3.04 bits per heavy atom. The molecule has 6 heteroatoms. The van der Waals surface area contributed by atoms with Crippen LogP contribution in [0.1, 0.15) is 17.9 Å². The van der Waals surface area contributed by atoms with Gasteiger partial charge in [-0.1, -0.05) is 0 Å². The van der Waals surface area contributed by atoms with Gasteiger partial charge in [-0.15, -0.1) is 0 Å². The minimum Gasteiger partial charge on any atom is -0.488 e. The summed E-state index contributed by atoms with van der Waals surface area (Å²) in [4.78, 5) is 25.2. The second kappa shape index (κ2) is 6.56. The van der Waals surface area contributed by atoms with E-state index in [1.807, 2.05) is 0 Å². The van der Waals surface area contributed by atoms with Crippen LogP contribution in [0.3, 0.4) is 0 Å². The first-order valence-corrected chi connectivity index (χ1v) is 7.39. The summed E-state index contributed by atoms with van der Waals surface area (Å²) in [5.41, 5.74) is -0.438. The summed E-state index contributed by atoms with van der Waals surface area (Å²) in [6.07, 6.45) is 5.28. The molecule has 1 amide bonds. The van der Waals surface area contributed by atoms with E-state index in [1.54, 1.807) is 42.4 Å². The number of furan rings is 1. The number of likely N-dealkylation sites (tertiary alicyclic amines) is 1. The van der Waals surface area contributed by atoms with Crippen molar-refractivity contribution in [3.63, 3.8) is 0 Å². The normalized spacial score (nSPS) is 17.8. The lowest BCUT2D eigenvalue weighted by Crippen LogP contribution is -2.29. The van der Waals surface area contributed by atoms with E-state index >= 15 is 0 Å². The van der Waals surface area contributed by atoms with Crippen molar-refractivity contribution < 1.29 is 18.4 Å². The van der Waals surface area contributed by atoms with Crippen molar-refractivity contribution in [1.82, 2.24) is 4.90 Å². The summed E-state index contributed by atoms with van der Waals surface area (Å²) in [6.45, 7) is 2.80. The van der Waals surface area contributed by atoms with Gasteiger partial charge < -0.3 is 18.5 Å². The third-order valence-electron chi connectivity index (χ3n) is 3.56. The number of rotatable bonds is 4. The molecule has 0 N–H and O–H groups in total. The van der Waals surface area contributed by atoms with Crippen molar-refractivity contribution in [2.45, 2.75) is 19.4 Å². The topological polar surface area (TPSA) is 72.9 Å². The van der Waals surface area contributed by atoms with Gasteiger partial charge in [-0.2, -0.15) is 0 Å². The van der Waals surface area contributed by atoms with E-state index in [1.165, 1.54) is 12.1 Å². The van der Waals surface area contributed by atoms with Crippen molar-refractivity contribution in [3.8, 4) is 5.75 Å². The van der Waals surface area contributed by atoms with Crippen LogP contribution in [0.5, 0.6) is 5.75 Å². The average Bonchev–Trinajstić information content (AvgIpc) is 3.15. The van der Waals surface area contributed by atoms with Crippen LogP contribution >= 0.6 is 0 Å². The number of nitrogens with zero attached hydrogens (tertiary/aromatic N) is 1. The van der Waals surface area contributed by atoms with Gasteiger partial charge in [0.2, 0.25) is 5.91 Å². The highest BCUT2D eigenvalue weighted by Crippen LogP contribution is 2.18. The van der Waals surface area contributed by atoms with E-state index < -0.39 is 5.63 Å². The summed E-state index contributed by atoms with van der Waals surface area (Å²) in [7, 11) is 0. The van der Waals surface area contributed by atoms with E-state index in [-0.39, 0.29) is 12.0 Å². The summed E-state index contributed by atoms with van der Waals surface area (Å²) < 4.78 is 15.8. The van der Waals surface area contributed by atoms with E-state index in [9.17, 15) is 9.59 Å².